The molecule has 2 fully saturated rings. The summed E-state index contributed by atoms with van der Waals surface area (Å²) in [4.78, 5) is 15.8. The van der Waals surface area contributed by atoms with Crippen molar-refractivity contribution in [3.05, 3.63) is 70.8 Å². The van der Waals surface area contributed by atoms with Crippen LogP contribution in [0.2, 0.25) is 0 Å². The Kier molecular flexibility index (Phi) is 5.39. The van der Waals surface area contributed by atoms with Crippen molar-refractivity contribution in [2.45, 2.75) is 62.8 Å². The Labute approximate surface area is 175 Å². The van der Waals surface area contributed by atoms with Crippen molar-refractivity contribution in [2.75, 3.05) is 7.05 Å². The summed E-state index contributed by atoms with van der Waals surface area (Å²) < 4.78 is 39.4. The van der Waals surface area contributed by atoms with Crippen LogP contribution in [0.25, 0.3) is 0 Å². The van der Waals surface area contributed by atoms with Crippen molar-refractivity contribution >= 4 is 5.91 Å². The average Bonchev–Trinajstić information content (AvgIpc) is 2.99. The van der Waals surface area contributed by atoms with Gasteiger partial charge in [-0.3, -0.25) is 9.69 Å². The maximum absolute atomic E-state index is 13.4. The zero-order chi connectivity index (χ0) is 21.5. The van der Waals surface area contributed by atoms with Crippen molar-refractivity contribution < 1.29 is 18.0 Å². The molecule has 3 atom stereocenters. The third-order valence-electron chi connectivity index (χ3n) is 6.97. The Hall–Kier alpha value is -2.34. The second-order valence-electron chi connectivity index (χ2n) is 8.47. The molecule has 0 radical (unpaired) electrons. The zero-order valence-electron chi connectivity index (χ0n) is 17.3. The number of piperidine rings is 1. The van der Waals surface area contributed by atoms with Crippen molar-refractivity contribution in [1.82, 2.24) is 10.2 Å². The molecule has 2 heterocycles. The number of benzene rings is 2. The predicted molar refractivity (Wildman–Crippen MR) is 110 cm³/mol. The first kappa shape index (κ1) is 20.9. The fraction of sp³-hybridized carbons (Fsp3) is 0.458. The highest BCUT2D eigenvalue weighted by Gasteiger charge is 2.52. The first-order valence-corrected chi connectivity index (χ1v) is 10.6. The number of amides is 1. The molecule has 2 aliphatic rings. The van der Waals surface area contributed by atoms with Gasteiger partial charge in [0.15, 0.2) is 0 Å². The Morgan fingerprint density at radius 1 is 1.13 bits per heavy atom. The minimum absolute atomic E-state index is 0.169. The zero-order valence-corrected chi connectivity index (χ0v) is 17.3. The summed E-state index contributed by atoms with van der Waals surface area (Å²) in [6.07, 6.45) is -0.165. The molecule has 3 nitrogen and oxygen atoms in total. The van der Waals surface area contributed by atoms with E-state index in [1.165, 1.54) is 6.07 Å². The van der Waals surface area contributed by atoms with Gasteiger partial charge in [-0.15, -0.1) is 0 Å². The van der Waals surface area contributed by atoms with Crippen molar-refractivity contribution in [1.29, 1.82) is 0 Å². The standard InChI is InChI=1S/C24H27F3N2O/c1-3-16-15-18(24(25,26)27)9-11-20(16)22(30)28-23(17-7-5-4-6-8-17)14-13-19-10-12-21(23)29(19)2/h4-9,11,15,19,21H,3,10,12-14H2,1-2H3,(H,28,30)/t19?,21-,23-/m1/s1. The van der Waals surface area contributed by atoms with Crippen LogP contribution in [-0.2, 0) is 18.1 Å². The third kappa shape index (κ3) is 3.51. The summed E-state index contributed by atoms with van der Waals surface area (Å²) in [6.45, 7) is 1.77. The average molecular weight is 416 g/mol. The van der Waals surface area contributed by atoms with E-state index in [0.717, 1.165) is 43.4 Å². The highest BCUT2D eigenvalue weighted by molar-refractivity contribution is 5.96. The molecule has 2 aromatic rings. The van der Waals surface area contributed by atoms with Gasteiger partial charge in [0.2, 0.25) is 0 Å². The predicted octanol–water partition coefficient (Wildman–Crippen LogP) is 5.15. The number of hydrogen-bond acceptors (Lipinski definition) is 2. The van der Waals surface area contributed by atoms with Crippen LogP contribution in [0.15, 0.2) is 48.5 Å². The second kappa shape index (κ2) is 7.73. The summed E-state index contributed by atoms with van der Waals surface area (Å²) in [5.74, 6) is -0.303. The van der Waals surface area contributed by atoms with Gasteiger partial charge in [-0.1, -0.05) is 37.3 Å². The number of carbonyl (C=O) groups is 1. The van der Waals surface area contributed by atoms with Gasteiger partial charge in [0.1, 0.15) is 0 Å². The van der Waals surface area contributed by atoms with Gasteiger partial charge in [-0.2, -0.15) is 13.2 Å². The van der Waals surface area contributed by atoms with Crippen molar-refractivity contribution in [3.8, 4) is 0 Å². The molecule has 1 amide bonds. The lowest BCUT2D eigenvalue weighted by Crippen LogP contribution is -2.61. The minimum atomic E-state index is -4.42. The number of aryl methyl sites for hydroxylation is 1. The van der Waals surface area contributed by atoms with Crippen molar-refractivity contribution in [2.24, 2.45) is 0 Å². The molecule has 0 aromatic heterocycles. The smallest absolute Gasteiger partial charge is 0.341 e. The summed E-state index contributed by atoms with van der Waals surface area (Å²) in [5.41, 5.74) is 0.529. The number of nitrogens with zero attached hydrogens (tertiary/aromatic N) is 1. The van der Waals surface area contributed by atoms with Crippen LogP contribution in [0.1, 0.15) is 59.7 Å². The van der Waals surface area contributed by atoms with Crippen LogP contribution >= 0.6 is 0 Å². The Morgan fingerprint density at radius 3 is 2.53 bits per heavy atom. The molecule has 0 aliphatic carbocycles. The molecule has 0 saturated carbocycles. The second-order valence-corrected chi connectivity index (χ2v) is 8.47. The molecule has 2 aliphatic heterocycles. The van der Waals surface area contributed by atoms with Crippen LogP contribution in [0.4, 0.5) is 13.2 Å². The van der Waals surface area contributed by atoms with Crippen LogP contribution in [0.5, 0.6) is 0 Å². The quantitative estimate of drug-likeness (QED) is 0.748. The summed E-state index contributed by atoms with van der Waals surface area (Å²) in [5, 5.41) is 3.29. The van der Waals surface area contributed by atoms with Gasteiger partial charge >= 0.3 is 6.18 Å². The van der Waals surface area contributed by atoms with Crippen molar-refractivity contribution in [3.63, 3.8) is 0 Å². The highest BCUT2D eigenvalue weighted by atomic mass is 19.4. The molecular weight excluding hydrogens is 389 g/mol. The first-order chi connectivity index (χ1) is 14.3. The molecule has 160 valence electrons. The number of carbonyl (C=O) groups excluding carboxylic acids is 1. The van der Waals surface area contributed by atoms with Gasteiger partial charge in [0.05, 0.1) is 11.1 Å². The van der Waals surface area contributed by atoms with E-state index >= 15 is 0 Å². The van der Waals surface area contributed by atoms with Gasteiger partial charge < -0.3 is 5.32 Å². The fourth-order valence-corrected chi connectivity index (χ4v) is 5.36. The lowest BCUT2D eigenvalue weighted by Gasteiger charge is -2.48. The lowest BCUT2D eigenvalue weighted by atomic mass is 9.76. The minimum Gasteiger partial charge on any atom is -0.341 e. The van der Waals surface area contributed by atoms with E-state index < -0.39 is 17.3 Å². The number of hydrogen-bond donors (Lipinski definition) is 1. The molecule has 1 unspecified atom stereocenters. The molecular formula is C24H27F3N2O. The summed E-state index contributed by atoms with van der Waals surface area (Å²) in [7, 11) is 2.11. The normalized spacial score (nSPS) is 26.6. The largest absolute Gasteiger partial charge is 0.416 e. The van der Waals surface area contributed by atoms with Gasteiger partial charge in [0.25, 0.3) is 5.91 Å². The molecule has 6 heteroatoms. The highest BCUT2D eigenvalue weighted by Crippen LogP contribution is 2.46. The van der Waals surface area contributed by atoms with Crippen LogP contribution in [0.3, 0.4) is 0 Å². The first-order valence-electron chi connectivity index (χ1n) is 10.6. The van der Waals surface area contributed by atoms with E-state index in [0.29, 0.717) is 23.6 Å². The molecule has 0 spiro atoms. The molecule has 4 rings (SSSR count). The maximum atomic E-state index is 13.4. The monoisotopic (exact) mass is 416 g/mol. The van der Waals surface area contributed by atoms with E-state index in [1.54, 1.807) is 6.92 Å². The molecule has 2 aromatic carbocycles. The van der Waals surface area contributed by atoms with Gasteiger partial charge in [-0.25, -0.2) is 0 Å². The van der Waals surface area contributed by atoms with E-state index in [9.17, 15) is 18.0 Å². The number of rotatable bonds is 4. The van der Waals surface area contributed by atoms with Gasteiger partial charge in [0, 0.05) is 17.6 Å². The Balaban J connectivity index is 1.72. The number of nitrogens with one attached hydrogen (secondary N) is 1. The number of likely N-dealkylation sites (N-methyl/N-ethyl adjacent to an activating group) is 1. The molecule has 2 bridgehead atoms. The number of fused-ring (bicyclic) bond motifs is 2. The molecule has 30 heavy (non-hydrogen) atoms. The van der Waals surface area contributed by atoms with E-state index in [-0.39, 0.29) is 11.9 Å². The maximum Gasteiger partial charge on any atom is 0.416 e. The van der Waals surface area contributed by atoms with Crippen LogP contribution in [0, 0.1) is 0 Å². The SMILES string of the molecule is CCc1cc(C(F)(F)F)ccc1C(=O)N[C@@]1(c2ccccc2)CCC2CC[C@H]1N2C. The molecule has 1 N–H and O–H groups in total. The fourth-order valence-electron chi connectivity index (χ4n) is 5.36. The Morgan fingerprint density at radius 2 is 1.87 bits per heavy atom. The van der Waals surface area contributed by atoms with E-state index in [1.807, 2.05) is 30.3 Å². The summed E-state index contributed by atoms with van der Waals surface area (Å²) in [6, 6.07) is 14.1. The van der Waals surface area contributed by atoms with Crippen LogP contribution in [-0.4, -0.2) is 29.9 Å². The molecule has 2 saturated heterocycles. The number of halogens is 3. The van der Waals surface area contributed by atoms with Crippen LogP contribution < -0.4 is 5.32 Å². The lowest BCUT2D eigenvalue weighted by molar-refractivity contribution is -0.137. The number of alkyl halides is 3. The van der Waals surface area contributed by atoms with E-state index in [4.69, 9.17) is 0 Å². The summed E-state index contributed by atoms with van der Waals surface area (Å²) >= 11 is 0. The van der Waals surface area contributed by atoms with E-state index in [2.05, 4.69) is 17.3 Å². The third-order valence-corrected chi connectivity index (χ3v) is 6.97. The topological polar surface area (TPSA) is 32.3 Å². The Bertz CT molecular complexity index is 928. The van der Waals surface area contributed by atoms with Gasteiger partial charge in [-0.05, 0) is 68.5 Å².